The molecule has 3 heterocycles. The Balaban J connectivity index is 1.62. The number of nitrogens with zero attached hydrogens (tertiary/aromatic N) is 2. The van der Waals surface area contributed by atoms with Gasteiger partial charge in [0.1, 0.15) is 17.5 Å². The molecular weight excluding hydrogens is 404 g/mol. The predicted molar refractivity (Wildman–Crippen MR) is 106 cm³/mol. The number of aromatic amines is 2. The van der Waals surface area contributed by atoms with Crippen LogP contribution in [0.3, 0.4) is 0 Å². The van der Waals surface area contributed by atoms with Gasteiger partial charge in [-0.25, -0.2) is 18.6 Å². The number of aryl methyl sites for hydroxylation is 1. The van der Waals surface area contributed by atoms with Crippen molar-refractivity contribution in [2.24, 2.45) is 7.05 Å². The van der Waals surface area contributed by atoms with Crippen LogP contribution in [0, 0.1) is 11.6 Å². The van der Waals surface area contributed by atoms with Gasteiger partial charge >= 0.3 is 5.69 Å². The highest BCUT2D eigenvalue weighted by atomic mass is 35.5. The Morgan fingerprint density at radius 1 is 1.10 bits per heavy atom. The summed E-state index contributed by atoms with van der Waals surface area (Å²) in [5, 5.41) is 2.97. The van der Waals surface area contributed by atoms with Gasteiger partial charge in [-0.2, -0.15) is 0 Å². The SMILES string of the molecule is Cn1cc(-c2cc(F)c(CNc3nc4[nH]c(=O)[nH]c4cc3Cl)c(F)c2)ccc1=O. The Morgan fingerprint density at radius 3 is 2.52 bits per heavy atom. The smallest absolute Gasteiger partial charge is 0.325 e. The van der Waals surface area contributed by atoms with Crippen molar-refractivity contribution in [3.8, 4) is 11.1 Å². The molecule has 4 aromatic rings. The summed E-state index contributed by atoms with van der Waals surface area (Å²) in [5.74, 6) is -1.34. The standard InChI is InChI=1S/C19H14ClF2N5O2/c1-27-8-9(2-3-16(27)28)10-4-13(21)11(14(22)5-10)7-23-17-12(20)6-15-18(25-17)26-19(29)24-15/h2-6,8H,7H2,1H3,(H3,23,24,25,26,29). The molecule has 0 atom stereocenters. The maximum Gasteiger partial charge on any atom is 0.325 e. The molecule has 0 radical (unpaired) electrons. The molecule has 0 unspecified atom stereocenters. The summed E-state index contributed by atoms with van der Waals surface area (Å²) in [6.07, 6.45) is 1.50. The van der Waals surface area contributed by atoms with Crippen LogP contribution < -0.4 is 16.6 Å². The zero-order chi connectivity index (χ0) is 20.7. The van der Waals surface area contributed by atoms with Crippen LogP contribution >= 0.6 is 11.6 Å². The van der Waals surface area contributed by atoms with Crippen molar-refractivity contribution in [3.05, 3.63) is 79.6 Å². The molecule has 0 bridgehead atoms. The monoisotopic (exact) mass is 417 g/mol. The van der Waals surface area contributed by atoms with Crippen LogP contribution in [-0.2, 0) is 13.6 Å². The second kappa shape index (κ2) is 7.17. The molecular formula is C19H14ClF2N5O2. The normalized spacial score (nSPS) is 11.2. The molecule has 0 aliphatic rings. The zero-order valence-electron chi connectivity index (χ0n) is 15.0. The molecule has 0 aliphatic carbocycles. The molecule has 0 aliphatic heterocycles. The fourth-order valence-corrected chi connectivity index (χ4v) is 3.16. The lowest BCUT2D eigenvalue weighted by molar-refractivity contribution is 0.560. The number of fused-ring (bicyclic) bond motifs is 1. The highest BCUT2D eigenvalue weighted by molar-refractivity contribution is 6.33. The highest BCUT2D eigenvalue weighted by Gasteiger charge is 2.14. The molecule has 3 N–H and O–H groups in total. The average Bonchev–Trinajstić information content (AvgIpc) is 3.01. The summed E-state index contributed by atoms with van der Waals surface area (Å²) in [7, 11) is 1.56. The fourth-order valence-electron chi connectivity index (χ4n) is 2.94. The highest BCUT2D eigenvalue weighted by Crippen LogP contribution is 2.26. The van der Waals surface area contributed by atoms with Crippen LogP contribution in [0.4, 0.5) is 14.6 Å². The molecule has 3 aromatic heterocycles. The summed E-state index contributed by atoms with van der Waals surface area (Å²) < 4.78 is 30.5. The number of anilines is 1. The minimum atomic E-state index is -0.756. The lowest BCUT2D eigenvalue weighted by Crippen LogP contribution is -2.14. The second-order valence-electron chi connectivity index (χ2n) is 6.43. The number of aromatic nitrogens is 4. The van der Waals surface area contributed by atoms with E-state index in [1.54, 1.807) is 7.05 Å². The Bertz CT molecular complexity index is 1340. The van der Waals surface area contributed by atoms with E-state index in [-0.39, 0.29) is 34.2 Å². The van der Waals surface area contributed by atoms with Gasteiger partial charge in [-0.1, -0.05) is 11.6 Å². The summed E-state index contributed by atoms with van der Waals surface area (Å²) in [5.41, 5.74) is 0.654. The lowest BCUT2D eigenvalue weighted by atomic mass is 10.0. The van der Waals surface area contributed by atoms with E-state index in [1.807, 2.05) is 0 Å². The van der Waals surface area contributed by atoms with Crippen molar-refractivity contribution in [2.75, 3.05) is 5.32 Å². The predicted octanol–water partition coefficient (Wildman–Crippen LogP) is 3.16. The molecule has 4 rings (SSSR count). The van der Waals surface area contributed by atoms with Crippen LogP contribution in [0.2, 0.25) is 5.02 Å². The molecule has 10 heteroatoms. The number of pyridine rings is 2. The number of hydrogen-bond acceptors (Lipinski definition) is 4. The van der Waals surface area contributed by atoms with E-state index < -0.39 is 17.3 Å². The number of benzene rings is 1. The molecule has 1 aromatic carbocycles. The quantitative estimate of drug-likeness (QED) is 0.475. The lowest BCUT2D eigenvalue weighted by Gasteiger charge is -2.11. The summed E-state index contributed by atoms with van der Waals surface area (Å²) in [6.45, 7) is -0.210. The van der Waals surface area contributed by atoms with Crippen molar-refractivity contribution >= 4 is 28.6 Å². The minimum absolute atomic E-state index is 0.176. The molecule has 0 saturated carbocycles. The van der Waals surface area contributed by atoms with Gasteiger partial charge in [-0.3, -0.25) is 9.78 Å². The van der Waals surface area contributed by atoms with Crippen molar-refractivity contribution in [1.29, 1.82) is 0 Å². The second-order valence-corrected chi connectivity index (χ2v) is 6.84. The van der Waals surface area contributed by atoms with Gasteiger partial charge in [-0.05, 0) is 35.4 Å². The third kappa shape index (κ3) is 3.64. The van der Waals surface area contributed by atoms with Gasteiger partial charge in [-0.15, -0.1) is 0 Å². The van der Waals surface area contributed by atoms with Crippen molar-refractivity contribution in [2.45, 2.75) is 6.54 Å². The van der Waals surface area contributed by atoms with E-state index in [2.05, 4.69) is 20.3 Å². The Morgan fingerprint density at radius 2 is 1.83 bits per heavy atom. The molecule has 0 fully saturated rings. The number of halogens is 3. The first kappa shape index (κ1) is 18.9. The minimum Gasteiger partial charge on any atom is -0.364 e. The van der Waals surface area contributed by atoms with E-state index in [9.17, 15) is 18.4 Å². The number of nitrogens with one attached hydrogen (secondary N) is 3. The van der Waals surface area contributed by atoms with Crippen LogP contribution in [0.25, 0.3) is 22.3 Å². The molecule has 0 amide bonds. The van der Waals surface area contributed by atoms with E-state index >= 15 is 0 Å². The molecule has 0 saturated heterocycles. The number of hydrogen-bond donors (Lipinski definition) is 3. The van der Waals surface area contributed by atoms with Gasteiger partial charge in [0.2, 0.25) is 5.56 Å². The first-order chi connectivity index (χ1) is 13.8. The number of H-pyrrole nitrogens is 2. The van der Waals surface area contributed by atoms with Crippen LogP contribution in [0.15, 0.2) is 46.1 Å². The third-order valence-corrected chi connectivity index (χ3v) is 4.74. The van der Waals surface area contributed by atoms with Gasteiger partial charge in [0, 0.05) is 31.4 Å². The Kier molecular flexibility index (Phi) is 4.67. The summed E-state index contributed by atoms with van der Waals surface area (Å²) in [6, 6.07) is 6.71. The van der Waals surface area contributed by atoms with Crippen molar-refractivity contribution in [3.63, 3.8) is 0 Å². The largest absolute Gasteiger partial charge is 0.364 e. The maximum atomic E-state index is 14.6. The van der Waals surface area contributed by atoms with E-state index in [1.165, 1.54) is 41.1 Å². The van der Waals surface area contributed by atoms with E-state index in [0.717, 1.165) is 0 Å². The third-order valence-electron chi connectivity index (χ3n) is 4.45. The molecule has 148 valence electrons. The van der Waals surface area contributed by atoms with E-state index in [0.29, 0.717) is 16.6 Å². The number of imidazole rings is 1. The topological polar surface area (TPSA) is 95.6 Å². The van der Waals surface area contributed by atoms with Crippen molar-refractivity contribution < 1.29 is 8.78 Å². The summed E-state index contributed by atoms with van der Waals surface area (Å²) in [4.78, 5) is 32.0. The first-order valence-corrected chi connectivity index (χ1v) is 8.87. The average molecular weight is 418 g/mol. The Labute approximate surface area is 167 Å². The van der Waals surface area contributed by atoms with Crippen LogP contribution in [0.5, 0.6) is 0 Å². The maximum absolute atomic E-state index is 14.6. The van der Waals surface area contributed by atoms with Crippen LogP contribution in [0.1, 0.15) is 5.56 Å². The molecule has 29 heavy (non-hydrogen) atoms. The van der Waals surface area contributed by atoms with Gasteiger partial charge in [0.05, 0.1) is 10.5 Å². The summed E-state index contributed by atoms with van der Waals surface area (Å²) >= 11 is 6.11. The molecule has 7 nitrogen and oxygen atoms in total. The zero-order valence-corrected chi connectivity index (χ0v) is 15.8. The van der Waals surface area contributed by atoms with E-state index in [4.69, 9.17) is 11.6 Å². The van der Waals surface area contributed by atoms with Crippen LogP contribution in [-0.4, -0.2) is 19.5 Å². The Hall–Kier alpha value is -3.46. The fraction of sp³-hybridized carbons (Fsp3) is 0.105. The van der Waals surface area contributed by atoms with Gasteiger partial charge in [0.25, 0.3) is 0 Å². The molecule has 0 spiro atoms. The first-order valence-electron chi connectivity index (χ1n) is 8.49. The number of rotatable bonds is 4. The van der Waals surface area contributed by atoms with Gasteiger partial charge in [0.15, 0.2) is 5.65 Å². The van der Waals surface area contributed by atoms with Gasteiger partial charge < -0.3 is 14.9 Å². The van der Waals surface area contributed by atoms with Crippen molar-refractivity contribution in [1.82, 2.24) is 19.5 Å².